The predicted molar refractivity (Wildman–Crippen MR) is 116 cm³/mol. The van der Waals surface area contributed by atoms with Gasteiger partial charge in [0.25, 0.3) is 11.1 Å². The summed E-state index contributed by atoms with van der Waals surface area (Å²) in [6.07, 6.45) is 0.141. The highest BCUT2D eigenvalue weighted by Crippen LogP contribution is 2.35. The minimum Gasteiger partial charge on any atom is -0.491 e. The molecule has 2 heterocycles. The smallest absolute Gasteiger partial charge is 0.288 e. The molecule has 9 nitrogen and oxygen atoms in total. The molecule has 10 heteroatoms. The highest BCUT2D eigenvalue weighted by atomic mass is 32.2. The molecule has 0 aliphatic carbocycles. The lowest BCUT2D eigenvalue weighted by Crippen LogP contribution is -2.32. The fourth-order valence-corrected chi connectivity index (χ4v) is 3.82. The summed E-state index contributed by atoms with van der Waals surface area (Å²) in [5.41, 5.74) is 1.89. The van der Waals surface area contributed by atoms with Crippen molar-refractivity contribution >= 4 is 28.6 Å². The van der Waals surface area contributed by atoms with Gasteiger partial charge in [-0.25, -0.2) is 0 Å². The second kappa shape index (κ2) is 9.90. The summed E-state index contributed by atoms with van der Waals surface area (Å²) in [6, 6.07) is 13.0. The predicted octanol–water partition coefficient (Wildman–Crippen LogP) is 1.71. The molecule has 4 rings (SSSR count). The van der Waals surface area contributed by atoms with E-state index in [-0.39, 0.29) is 24.5 Å². The molecule has 1 unspecified atom stereocenters. The molecule has 0 bridgehead atoms. The Morgan fingerprint density at radius 1 is 1.16 bits per heavy atom. The number of amides is 2. The molecule has 2 amide bonds. The summed E-state index contributed by atoms with van der Waals surface area (Å²) in [5, 5.41) is 17.6. The van der Waals surface area contributed by atoms with Crippen LogP contribution in [-0.2, 0) is 11.2 Å². The average molecular weight is 445 g/mol. The number of rotatable bonds is 10. The van der Waals surface area contributed by atoms with Crippen molar-refractivity contribution in [2.75, 3.05) is 31.8 Å². The van der Waals surface area contributed by atoms with Crippen molar-refractivity contribution in [3.05, 3.63) is 48.0 Å². The van der Waals surface area contributed by atoms with Gasteiger partial charge >= 0.3 is 0 Å². The summed E-state index contributed by atoms with van der Waals surface area (Å²) in [6.45, 7) is 1.49. The number of aliphatic hydroxyl groups is 1. The molecule has 1 fully saturated rings. The van der Waals surface area contributed by atoms with Crippen LogP contribution in [-0.4, -0.2) is 54.2 Å². The van der Waals surface area contributed by atoms with Crippen molar-refractivity contribution in [2.45, 2.75) is 17.9 Å². The Kier molecular flexibility index (Phi) is 6.80. The quantitative estimate of drug-likeness (QED) is 0.405. The number of carbonyl (C=O) groups is 2. The van der Waals surface area contributed by atoms with Gasteiger partial charge in [-0.3, -0.25) is 14.9 Å². The second-order valence-electron chi connectivity index (χ2n) is 7.05. The van der Waals surface area contributed by atoms with Crippen LogP contribution in [0.4, 0.5) is 10.5 Å². The molecule has 0 radical (unpaired) electrons. The van der Waals surface area contributed by atoms with Gasteiger partial charge in [0, 0.05) is 18.3 Å². The molecule has 2 aromatic rings. The number of thioether (sulfide) groups is 1. The number of imide groups is 1. The zero-order valence-corrected chi connectivity index (χ0v) is 17.4. The van der Waals surface area contributed by atoms with Crippen molar-refractivity contribution in [3.8, 4) is 17.2 Å². The van der Waals surface area contributed by atoms with Crippen LogP contribution in [0.1, 0.15) is 5.56 Å². The van der Waals surface area contributed by atoms with E-state index in [2.05, 4.69) is 16.0 Å². The van der Waals surface area contributed by atoms with Crippen molar-refractivity contribution in [3.63, 3.8) is 0 Å². The lowest BCUT2D eigenvalue weighted by atomic mass is 10.1. The first-order valence-electron chi connectivity index (χ1n) is 9.85. The van der Waals surface area contributed by atoms with E-state index in [4.69, 9.17) is 14.2 Å². The third kappa shape index (κ3) is 5.81. The molecule has 2 aliphatic heterocycles. The lowest BCUT2D eigenvalue weighted by molar-refractivity contribution is -0.118. The first kappa shape index (κ1) is 21.3. The average Bonchev–Trinajstić information content (AvgIpc) is 3.36. The van der Waals surface area contributed by atoms with E-state index in [9.17, 15) is 14.7 Å². The topological polar surface area (TPSA) is 118 Å². The number of fused-ring (bicyclic) bond motifs is 1. The largest absolute Gasteiger partial charge is 0.491 e. The minimum atomic E-state index is -0.644. The molecule has 164 valence electrons. The van der Waals surface area contributed by atoms with Crippen LogP contribution in [0.2, 0.25) is 0 Å². The zero-order chi connectivity index (χ0) is 21.6. The molecule has 0 aromatic heterocycles. The maximum Gasteiger partial charge on any atom is 0.288 e. The van der Waals surface area contributed by atoms with Crippen molar-refractivity contribution in [1.82, 2.24) is 10.6 Å². The third-order valence-corrected chi connectivity index (χ3v) is 5.58. The van der Waals surface area contributed by atoms with Crippen molar-refractivity contribution in [2.24, 2.45) is 0 Å². The Bertz CT molecular complexity index is 939. The summed E-state index contributed by atoms with van der Waals surface area (Å²) in [7, 11) is 0. The molecular formula is C21H23N3O6S. The van der Waals surface area contributed by atoms with Gasteiger partial charge in [0.2, 0.25) is 6.79 Å². The van der Waals surface area contributed by atoms with Crippen molar-refractivity contribution in [1.29, 1.82) is 0 Å². The first-order valence-corrected chi connectivity index (χ1v) is 10.7. The summed E-state index contributed by atoms with van der Waals surface area (Å²) in [4.78, 5) is 22.8. The van der Waals surface area contributed by atoms with Gasteiger partial charge in [-0.1, -0.05) is 12.1 Å². The number of nitrogens with one attached hydrogen (secondary N) is 3. The van der Waals surface area contributed by atoms with Crippen LogP contribution >= 0.6 is 11.8 Å². The Morgan fingerprint density at radius 2 is 1.97 bits per heavy atom. The number of benzene rings is 2. The molecule has 2 atom stereocenters. The van der Waals surface area contributed by atoms with Gasteiger partial charge < -0.3 is 30.0 Å². The van der Waals surface area contributed by atoms with Gasteiger partial charge in [0.1, 0.15) is 18.5 Å². The van der Waals surface area contributed by atoms with Gasteiger partial charge in [0.05, 0.1) is 0 Å². The van der Waals surface area contributed by atoms with Gasteiger partial charge in [0.15, 0.2) is 16.9 Å². The van der Waals surface area contributed by atoms with E-state index in [1.807, 2.05) is 24.3 Å². The third-order valence-electron chi connectivity index (χ3n) is 4.70. The number of ether oxygens (including phenoxy) is 3. The van der Waals surface area contributed by atoms with E-state index in [0.29, 0.717) is 30.3 Å². The minimum absolute atomic E-state index is 0.169. The van der Waals surface area contributed by atoms with E-state index < -0.39 is 11.5 Å². The molecule has 1 saturated heterocycles. The van der Waals surface area contributed by atoms with Gasteiger partial charge in [-0.15, -0.1) is 0 Å². The number of hydrogen-bond acceptors (Lipinski definition) is 9. The maximum absolute atomic E-state index is 11.6. The number of anilines is 1. The highest BCUT2D eigenvalue weighted by molar-refractivity contribution is 8.15. The van der Waals surface area contributed by atoms with E-state index in [0.717, 1.165) is 29.4 Å². The Hall–Kier alpha value is -2.95. The summed E-state index contributed by atoms with van der Waals surface area (Å²) in [5.74, 6) is 1.63. The van der Waals surface area contributed by atoms with E-state index >= 15 is 0 Å². The Morgan fingerprint density at radius 3 is 2.74 bits per heavy atom. The summed E-state index contributed by atoms with van der Waals surface area (Å²) >= 11 is 0.933. The fraction of sp³-hybridized carbons (Fsp3) is 0.333. The highest BCUT2D eigenvalue weighted by Gasteiger charge is 2.31. The molecule has 2 aromatic carbocycles. The maximum atomic E-state index is 11.6. The van der Waals surface area contributed by atoms with Crippen molar-refractivity contribution < 1.29 is 28.9 Å². The molecule has 0 spiro atoms. The Labute approximate surface area is 183 Å². The normalized spacial score (nSPS) is 18.0. The standard InChI is InChI=1S/C21H23N3O6S/c25-15(11-28-16-5-6-17-18(9-16)30-12-29-17)10-22-8-7-13-1-3-14(4-2-13)23-20-19(26)24-21(27)31-20/h1-6,9,15,20,22-23,25H,7-8,10-12H2,(H,24,26,27)/t15-,20?/m0/s1. The molecule has 0 saturated carbocycles. The van der Waals surface area contributed by atoms with E-state index in [1.54, 1.807) is 18.2 Å². The lowest BCUT2D eigenvalue weighted by Gasteiger charge is -2.14. The first-order chi connectivity index (χ1) is 15.1. The molecule has 31 heavy (non-hydrogen) atoms. The number of hydrogen-bond donors (Lipinski definition) is 4. The molecule has 4 N–H and O–H groups in total. The zero-order valence-electron chi connectivity index (χ0n) is 16.6. The Balaban J connectivity index is 1.13. The van der Waals surface area contributed by atoms with Gasteiger partial charge in [-0.05, 0) is 54.6 Å². The van der Waals surface area contributed by atoms with Crippen LogP contribution in [0.15, 0.2) is 42.5 Å². The second-order valence-corrected chi connectivity index (χ2v) is 8.13. The summed E-state index contributed by atoms with van der Waals surface area (Å²) < 4.78 is 16.2. The van der Waals surface area contributed by atoms with Crippen LogP contribution in [0.5, 0.6) is 17.2 Å². The van der Waals surface area contributed by atoms with Crippen LogP contribution in [0.3, 0.4) is 0 Å². The number of aliphatic hydroxyl groups excluding tert-OH is 1. The van der Waals surface area contributed by atoms with Crippen LogP contribution in [0.25, 0.3) is 0 Å². The molecule has 2 aliphatic rings. The van der Waals surface area contributed by atoms with Crippen LogP contribution < -0.4 is 30.2 Å². The fourth-order valence-electron chi connectivity index (χ4n) is 3.09. The SMILES string of the molecule is O=C1NC(=O)C(Nc2ccc(CCNC[C@H](O)COc3ccc4c(c3)OCO4)cc2)S1. The molecular weight excluding hydrogens is 422 g/mol. The van der Waals surface area contributed by atoms with Crippen LogP contribution in [0, 0.1) is 0 Å². The number of carbonyl (C=O) groups excluding carboxylic acids is 2. The van der Waals surface area contributed by atoms with Gasteiger partial charge in [-0.2, -0.15) is 0 Å². The van der Waals surface area contributed by atoms with E-state index in [1.165, 1.54) is 0 Å². The monoisotopic (exact) mass is 445 g/mol.